The van der Waals surface area contributed by atoms with Gasteiger partial charge in [0.15, 0.2) is 5.82 Å². The number of aromatic nitrogens is 2. The number of ether oxygens (including phenoxy) is 1. The Kier molecular flexibility index (Phi) is 6.59. The van der Waals surface area contributed by atoms with Gasteiger partial charge in [0.1, 0.15) is 11.4 Å². The summed E-state index contributed by atoms with van der Waals surface area (Å²) in [5.41, 5.74) is 1.99. The fourth-order valence-electron chi connectivity index (χ4n) is 3.82. The number of methoxy groups -OCH3 is 1. The van der Waals surface area contributed by atoms with Crippen LogP contribution in [0.2, 0.25) is 0 Å². The molecule has 30 heavy (non-hydrogen) atoms. The third kappa shape index (κ3) is 4.79. The Hall–Kier alpha value is -2.93. The summed E-state index contributed by atoms with van der Waals surface area (Å²) in [6, 6.07) is 16.0. The lowest BCUT2D eigenvalue weighted by molar-refractivity contribution is -0.125. The number of amides is 1. The summed E-state index contributed by atoms with van der Waals surface area (Å²) in [6.45, 7) is 2.18. The number of piperidine rings is 1. The minimum atomic E-state index is -0.0322. The lowest BCUT2D eigenvalue weighted by Gasteiger charge is -2.32. The van der Waals surface area contributed by atoms with Crippen LogP contribution in [0.15, 0.2) is 53.9 Å². The van der Waals surface area contributed by atoms with Crippen molar-refractivity contribution in [2.45, 2.75) is 19.3 Å². The van der Waals surface area contributed by atoms with E-state index in [0.717, 1.165) is 53.5 Å². The van der Waals surface area contributed by atoms with Gasteiger partial charge in [0, 0.05) is 19.6 Å². The van der Waals surface area contributed by atoms with Crippen molar-refractivity contribution in [1.82, 2.24) is 15.5 Å². The molecule has 0 saturated carbocycles. The van der Waals surface area contributed by atoms with Gasteiger partial charge in [-0.1, -0.05) is 24.3 Å². The summed E-state index contributed by atoms with van der Waals surface area (Å²) in [6.07, 6.45) is 2.62. The zero-order valence-electron chi connectivity index (χ0n) is 17.1. The molecular weight excluding hydrogens is 396 g/mol. The lowest BCUT2D eigenvalue weighted by atomic mass is 9.97. The Balaban J connectivity index is 1.31. The molecule has 6 nitrogen and oxygen atoms in total. The summed E-state index contributed by atoms with van der Waals surface area (Å²) < 4.78 is 5.38. The number of para-hydroxylation sites is 1. The van der Waals surface area contributed by atoms with Crippen LogP contribution in [0.4, 0.5) is 5.82 Å². The second-order valence-corrected chi connectivity index (χ2v) is 8.34. The summed E-state index contributed by atoms with van der Waals surface area (Å²) in [7, 11) is 1.67. The SMILES string of the molecule is COc1ccccc1CCNC(=O)C1CCCN(c2ccc(-c3cccs3)nn2)C1. The van der Waals surface area contributed by atoms with Crippen LogP contribution in [0, 0.1) is 5.92 Å². The molecule has 7 heteroatoms. The Labute approximate surface area is 180 Å². The van der Waals surface area contributed by atoms with Crippen LogP contribution in [0.3, 0.4) is 0 Å². The van der Waals surface area contributed by atoms with E-state index in [1.807, 2.05) is 53.9 Å². The molecule has 0 spiro atoms. The van der Waals surface area contributed by atoms with Gasteiger partial charge in [-0.15, -0.1) is 21.5 Å². The standard InChI is InChI=1S/C23H26N4O2S/c1-29-20-8-3-2-6-17(20)12-13-24-23(28)18-7-4-14-27(16-18)22-11-10-19(25-26-22)21-9-5-15-30-21/h2-3,5-6,8-11,15,18H,4,7,12-14,16H2,1H3,(H,24,28). The summed E-state index contributed by atoms with van der Waals surface area (Å²) in [4.78, 5) is 16.0. The highest BCUT2D eigenvalue weighted by Crippen LogP contribution is 2.25. The number of anilines is 1. The highest BCUT2D eigenvalue weighted by molar-refractivity contribution is 7.13. The minimum absolute atomic E-state index is 0.0322. The fourth-order valence-corrected chi connectivity index (χ4v) is 4.51. The van der Waals surface area contributed by atoms with Crippen LogP contribution in [0.5, 0.6) is 5.75 Å². The van der Waals surface area contributed by atoms with E-state index >= 15 is 0 Å². The predicted octanol–water partition coefficient (Wildman–Crippen LogP) is 3.79. The van der Waals surface area contributed by atoms with Gasteiger partial charge < -0.3 is 15.0 Å². The Morgan fingerprint density at radius 3 is 2.87 bits per heavy atom. The maximum Gasteiger partial charge on any atom is 0.224 e. The van der Waals surface area contributed by atoms with Crippen molar-refractivity contribution in [3.05, 3.63) is 59.5 Å². The predicted molar refractivity (Wildman–Crippen MR) is 120 cm³/mol. The van der Waals surface area contributed by atoms with Crippen LogP contribution < -0.4 is 15.0 Å². The van der Waals surface area contributed by atoms with Crippen molar-refractivity contribution in [3.63, 3.8) is 0 Å². The molecule has 4 rings (SSSR count). The van der Waals surface area contributed by atoms with Crippen molar-refractivity contribution in [2.24, 2.45) is 5.92 Å². The van der Waals surface area contributed by atoms with Gasteiger partial charge in [-0.05, 0) is 54.5 Å². The van der Waals surface area contributed by atoms with Gasteiger partial charge in [0.2, 0.25) is 5.91 Å². The van der Waals surface area contributed by atoms with E-state index in [2.05, 4.69) is 20.4 Å². The van der Waals surface area contributed by atoms with Crippen LogP contribution in [-0.4, -0.2) is 42.8 Å². The van der Waals surface area contributed by atoms with Crippen molar-refractivity contribution in [3.8, 4) is 16.3 Å². The normalized spacial score (nSPS) is 16.3. The van der Waals surface area contributed by atoms with Gasteiger partial charge in [-0.3, -0.25) is 4.79 Å². The van der Waals surface area contributed by atoms with Gasteiger partial charge in [0.05, 0.1) is 17.9 Å². The highest BCUT2D eigenvalue weighted by atomic mass is 32.1. The molecule has 1 aromatic carbocycles. The number of rotatable bonds is 7. The molecule has 1 fully saturated rings. The summed E-state index contributed by atoms with van der Waals surface area (Å²) in [5, 5.41) is 13.9. The number of benzene rings is 1. The van der Waals surface area contributed by atoms with E-state index in [9.17, 15) is 4.79 Å². The molecular formula is C23H26N4O2S. The highest BCUT2D eigenvalue weighted by Gasteiger charge is 2.26. The first kappa shape index (κ1) is 20.3. The van der Waals surface area contributed by atoms with Gasteiger partial charge in [-0.25, -0.2) is 0 Å². The average molecular weight is 423 g/mol. The summed E-state index contributed by atoms with van der Waals surface area (Å²) >= 11 is 1.65. The quantitative estimate of drug-likeness (QED) is 0.627. The fraction of sp³-hybridized carbons (Fsp3) is 0.348. The molecule has 1 saturated heterocycles. The van der Waals surface area contributed by atoms with Crippen LogP contribution in [0.25, 0.3) is 10.6 Å². The van der Waals surface area contributed by atoms with Crippen molar-refractivity contribution < 1.29 is 9.53 Å². The molecule has 1 N–H and O–H groups in total. The monoisotopic (exact) mass is 422 g/mol. The Morgan fingerprint density at radius 2 is 2.10 bits per heavy atom. The number of nitrogens with zero attached hydrogens (tertiary/aromatic N) is 3. The van der Waals surface area contributed by atoms with E-state index in [1.54, 1.807) is 18.4 Å². The zero-order chi connectivity index (χ0) is 20.8. The Morgan fingerprint density at radius 1 is 1.20 bits per heavy atom. The molecule has 156 valence electrons. The maximum atomic E-state index is 12.7. The first-order valence-electron chi connectivity index (χ1n) is 10.3. The average Bonchev–Trinajstić information content (AvgIpc) is 3.34. The van der Waals surface area contributed by atoms with E-state index in [4.69, 9.17) is 4.74 Å². The van der Waals surface area contributed by atoms with Gasteiger partial charge >= 0.3 is 0 Å². The number of hydrogen-bond donors (Lipinski definition) is 1. The molecule has 1 unspecified atom stereocenters. The van der Waals surface area contributed by atoms with E-state index < -0.39 is 0 Å². The molecule has 1 amide bonds. The molecule has 0 aliphatic carbocycles. The molecule has 3 heterocycles. The summed E-state index contributed by atoms with van der Waals surface area (Å²) in [5.74, 6) is 1.77. The van der Waals surface area contributed by atoms with Gasteiger partial charge in [-0.2, -0.15) is 0 Å². The first-order valence-corrected chi connectivity index (χ1v) is 11.1. The van der Waals surface area contributed by atoms with Crippen molar-refractivity contribution in [1.29, 1.82) is 0 Å². The number of hydrogen-bond acceptors (Lipinski definition) is 6. The number of nitrogens with one attached hydrogen (secondary N) is 1. The molecule has 1 atom stereocenters. The second-order valence-electron chi connectivity index (χ2n) is 7.39. The third-order valence-corrected chi connectivity index (χ3v) is 6.32. The number of carbonyl (C=O) groups excluding carboxylic acids is 1. The first-order chi connectivity index (χ1) is 14.7. The van der Waals surface area contributed by atoms with Crippen molar-refractivity contribution in [2.75, 3.05) is 31.6 Å². The van der Waals surface area contributed by atoms with E-state index in [-0.39, 0.29) is 11.8 Å². The topological polar surface area (TPSA) is 67.3 Å². The van der Waals surface area contributed by atoms with E-state index in [1.165, 1.54) is 0 Å². The Bertz CT molecular complexity index is 960. The molecule has 3 aromatic rings. The smallest absolute Gasteiger partial charge is 0.224 e. The zero-order valence-corrected chi connectivity index (χ0v) is 17.9. The number of thiophene rings is 1. The number of carbonyl (C=O) groups is 1. The van der Waals surface area contributed by atoms with Crippen LogP contribution in [-0.2, 0) is 11.2 Å². The largest absolute Gasteiger partial charge is 0.496 e. The van der Waals surface area contributed by atoms with Gasteiger partial charge in [0.25, 0.3) is 0 Å². The molecule has 0 radical (unpaired) electrons. The van der Waals surface area contributed by atoms with Crippen molar-refractivity contribution >= 4 is 23.1 Å². The molecule has 1 aliphatic heterocycles. The molecule has 1 aliphatic rings. The third-order valence-electron chi connectivity index (χ3n) is 5.43. The maximum absolute atomic E-state index is 12.7. The van der Waals surface area contributed by atoms with Crippen LogP contribution >= 0.6 is 11.3 Å². The lowest BCUT2D eigenvalue weighted by Crippen LogP contribution is -2.43. The minimum Gasteiger partial charge on any atom is -0.496 e. The van der Waals surface area contributed by atoms with Crippen LogP contribution in [0.1, 0.15) is 18.4 Å². The second kappa shape index (κ2) is 9.71. The molecule has 0 bridgehead atoms. The molecule has 2 aromatic heterocycles. The van der Waals surface area contributed by atoms with E-state index in [0.29, 0.717) is 13.1 Å².